The summed E-state index contributed by atoms with van der Waals surface area (Å²) in [4.78, 5) is 13.4. The van der Waals surface area contributed by atoms with Gasteiger partial charge in [-0.2, -0.15) is 0 Å². The van der Waals surface area contributed by atoms with Crippen LogP contribution in [0.25, 0.3) is 10.9 Å². The topological polar surface area (TPSA) is 116 Å². The number of aliphatic hydroxyl groups excluding tert-OH is 1. The monoisotopic (exact) mass is 499 g/mol. The maximum absolute atomic E-state index is 9.06. The molecule has 198 valence electrons. The van der Waals surface area contributed by atoms with Gasteiger partial charge in [0.25, 0.3) is 0 Å². The Balaban J connectivity index is 0.000000416. The van der Waals surface area contributed by atoms with E-state index >= 15 is 0 Å². The molecule has 0 radical (unpaired) electrons. The normalized spacial score (nSPS) is 10.3. The molecule has 1 aromatic heterocycles. The Hall–Kier alpha value is -3.36. The zero-order valence-electron chi connectivity index (χ0n) is 22.1. The van der Waals surface area contributed by atoms with Gasteiger partial charge in [-0.05, 0) is 49.1 Å². The molecular weight excluding hydrogens is 458 g/mol. The van der Waals surface area contributed by atoms with Crippen molar-refractivity contribution in [2.24, 2.45) is 11.1 Å². The van der Waals surface area contributed by atoms with Gasteiger partial charge in [-0.25, -0.2) is 0 Å². The molecule has 3 rings (SSSR count). The van der Waals surface area contributed by atoms with Gasteiger partial charge in [-0.1, -0.05) is 45.4 Å². The van der Waals surface area contributed by atoms with Gasteiger partial charge in [0, 0.05) is 24.7 Å². The predicted octanol–water partition coefficient (Wildman–Crippen LogP) is 4.93. The zero-order chi connectivity index (χ0) is 26.8. The molecule has 0 spiro atoms. The van der Waals surface area contributed by atoms with Crippen LogP contribution in [0.15, 0.2) is 54.7 Å². The summed E-state index contributed by atoms with van der Waals surface area (Å²) in [6.45, 7) is 7.74. The number of carbonyl (C=O) groups is 1. The molecule has 1 amide bonds. The van der Waals surface area contributed by atoms with Gasteiger partial charge in [0.15, 0.2) is 11.5 Å². The molecule has 2 aromatic carbocycles. The second kappa shape index (κ2) is 17.1. The summed E-state index contributed by atoms with van der Waals surface area (Å²) >= 11 is 0. The quantitative estimate of drug-likeness (QED) is 0.320. The molecule has 0 saturated heterocycles. The minimum absolute atomic E-state index is 0.0637. The van der Waals surface area contributed by atoms with Gasteiger partial charge in [0.1, 0.15) is 18.1 Å². The standard InChI is InChI=1S/C18H17NO4.C8H19N.C2H5NO/c1-21-17-11-14-15(12-18(17)22-10-9-20)19-8-7-16(14)23-13-5-3-2-4-6-13;1-4-5-8(2,3)6-7-9;1-3-2-4/h2-8,11-12,20H,9-10H2,1H3;4-7,9H2,1-3H3;2H,1H3,(H,3,4). The van der Waals surface area contributed by atoms with E-state index in [-0.39, 0.29) is 13.2 Å². The van der Waals surface area contributed by atoms with Crippen molar-refractivity contribution in [3.63, 3.8) is 0 Å². The van der Waals surface area contributed by atoms with Gasteiger partial charge < -0.3 is 30.4 Å². The fourth-order valence-electron chi connectivity index (χ4n) is 3.45. The Morgan fingerprint density at radius 1 is 1.08 bits per heavy atom. The molecule has 3 aromatic rings. The third kappa shape index (κ3) is 10.9. The number of hydrogen-bond acceptors (Lipinski definition) is 7. The first-order valence-corrected chi connectivity index (χ1v) is 12.1. The van der Waals surface area contributed by atoms with Crippen LogP contribution in [-0.2, 0) is 4.79 Å². The highest BCUT2D eigenvalue weighted by Gasteiger charge is 2.14. The minimum atomic E-state index is -0.0637. The second-order valence-corrected chi connectivity index (χ2v) is 8.68. The lowest BCUT2D eigenvalue weighted by Crippen LogP contribution is -2.16. The number of ether oxygens (including phenoxy) is 3. The molecule has 0 aliphatic carbocycles. The maximum Gasteiger partial charge on any atom is 0.206 e. The van der Waals surface area contributed by atoms with Crippen LogP contribution in [0, 0.1) is 5.41 Å². The lowest BCUT2D eigenvalue weighted by atomic mass is 9.85. The SMILES string of the molecule is CCCC(C)(C)CCN.CNC=O.COc1cc2c(Oc3ccccc3)ccnc2cc1OCCO. The number of aromatic nitrogens is 1. The van der Waals surface area contributed by atoms with Crippen molar-refractivity contribution < 1.29 is 24.1 Å². The molecule has 0 saturated carbocycles. The number of aliphatic hydroxyl groups is 1. The molecule has 0 bridgehead atoms. The first-order valence-electron chi connectivity index (χ1n) is 12.1. The van der Waals surface area contributed by atoms with E-state index < -0.39 is 0 Å². The van der Waals surface area contributed by atoms with Gasteiger partial charge in [-0.15, -0.1) is 0 Å². The first kappa shape index (κ1) is 30.7. The zero-order valence-corrected chi connectivity index (χ0v) is 22.1. The summed E-state index contributed by atoms with van der Waals surface area (Å²) in [5.41, 5.74) is 6.65. The molecule has 8 heteroatoms. The van der Waals surface area contributed by atoms with Crippen molar-refractivity contribution >= 4 is 17.3 Å². The molecule has 0 unspecified atom stereocenters. The molecule has 0 aliphatic heterocycles. The van der Waals surface area contributed by atoms with E-state index in [0.717, 1.165) is 29.6 Å². The van der Waals surface area contributed by atoms with Crippen LogP contribution in [0.5, 0.6) is 23.0 Å². The maximum atomic E-state index is 9.06. The second-order valence-electron chi connectivity index (χ2n) is 8.68. The van der Waals surface area contributed by atoms with Crippen molar-refractivity contribution in [2.45, 2.75) is 40.0 Å². The number of nitrogens with one attached hydrogen (secondary N) is 1. The summed E-state index contributed by atoms with van der Waals surface area (Å²) < 4.78 is 16.8. The van der Waals surface area contributed by atoms with Crippen molar-refractivity contribution in [1.82, 2.24) is 10.3 Å². The lowest BCUT2D eigenvalue weighted by molar-refractivity contribution is -0.109. The Morgan fingerprint density at radius 3 is 2.33 bits per heavy atom. The molecule has 4 N–H and O–H groups in total. The molecule has 0 aliphatic rings. The molecular formula is C28H41N3O5. The number of methoxy groups -OCH3 is 1. The lowest BCUT2D eigenvalue weighted by Gasteiger charge is -2.22. The van der Waals surface area contributed by atoms with Crippen molar-refractivity contribution in [2.75, 3.05) is 33.9 Å². The highest BCUT2D eigenvalue weighted by molar-refractivity contribution is 5.88. The van der Waals surface area contributed by atoms with Crippen LogP contribution in [-0.4, -0.2) is 50.4 Å². The van der Waals surface area contributed by atoms with Gasteiger partial charge >= 0.3 is 0 Å². The number of benzene rings is 2. The fraction of sp³-hybridized carbons (Fsp3) is 0.429. The third-order valence-corrected chi connectivity index (χ3v) is 5.17. The highest BCUT2D eigenvalue weighted by atomic mass is 16.5. The van der Waals surface area contributed by atoms with Gasteiger partial charge in [0.05, 0.1) is 19.2 Å². The van der Waals surface area contributed by atoms with E-state index in [4.69, 9.17) is 29.8 Å². The van der Waals surface area contributed by atoms with Crippen molar-refractivity contribution in [3.8, 4) is 23.0 Å². The van der Waals surface area contributed by atoms with Gasteiger partial charge in [-0.3, -0.25) is 9.78 Å². The van der Waals surface area contributed by atoms with Crippen LogP contribution >= 0.6 is 0 Å². The van der Waals surface area contributed by atoms with Crippen molar-refractivity contribution in [1.29, 1.82) is 0 Å². The number of para-hydroxylation sites is 1. The summed E-state index contributed by atoms with van der Waals surface area (Å²) in [5, 5.41) is 12.0. The summed E-state index contributed by atoms with van der Waals surface area (Å²) in [5.74, 6) is 2.54. The van der Waals surface area contributed by atoms with Crippen molar-refractivity contribution in [3.05, 3.63) is 54.7 Å². The number of nitrogens with two attached hydrogens (primary N) is 1. The number of rotatable bonds is 11. The third-order valence-electron chi connectivity index (χ3n) is 5.17. The highest BCUT2D eigenvalue weighted by Crippen LogP contribution is 2.37. The number of carbonyl (C=O) groups excluding carboxylic acids is 1. The Morgan fingerprint density at radius 2 is 1.78 bits per heavy atom. The van der Waals surface area contributed by atoms with Crippen LogP contribution < -0.4 is 25.3 Å². The van der Waals surface area contributed by atoms with Crippen LogP contribution in [0.3, 0.4) is 0 Å². The largest absolute Gasteiger partial charge is 0.493 e. The smallest absolute Gasteiger partial charge is 0.206 e. The van der Waals surface area contributed by atoms with Crippen LogP contribution in [0.1, 0.15) is 40.0 Å². The fourth-order valence-corrected chi connectivity index (χ4v) is 3.45. The van der Waals surface area contributed by atoms with E-state index in [1.165, 1.54) is 12.8 Å². The summed E-state index contributed by atoms with van der Waals surface area (Å²) in [6.07, 6.45) is 6.03. The summed E-state index contributed by atoms with van der Waals surface area (Å²) in [7, 11) is 3.13. The molecule has 36 heavy (non-hydrogen) atoms. The predicted molar refractivity (Wildman–Crippen MR) is 145 cm³/mol. The van der Waals surface area contributed by atoms with E-state index in [9.17, 15) is 0 Å². The molecule has 1 heterocycles. The summed E-state index contributed by atoms with van der Waals surface area (Å²) in [6, 6.07) is 15.0. The van der Waals surface area contributed by atoms with E-state index in [1.807, 2.05) is 42.5 Å². The van der Waals surface area contributed by atoms with E-state index in [0.29, 0.717) is 29.1 Å². The Kier molecular flexibility index (Phi) is 14.6. The van der Waals surface area contributed by atoms with Gasteiger partial charge in [0.2, 0.25) is 6.41 Å². The molecule has 0 fully saturated rings. The van der Waals surface area contributed by atoms with E-state index in [1.54, 1.807) is 26.4 Å². The Labute approximate surface area is 214 Å². The van der Waals surface area contributed by atoms with Crippen LogP contribution in [0.4, 0.5) is 0 Å². The first-order chi connectivity index (χ1) is 17.3. The molecule has 8 nitrogen and oxygen atoms in total. The van der Waals surface area contributed by atoms with E-state index in [2.05, 4.69) is 31.1 Å². The van der Waals surface area contributed by atoms with Crippen LogP contribution in [0.2, 0.25) is 0 Å². The number of fused-ring (bicyclic) bond motifs is 1. The molecule has 0 atom stereocenters. The number of hydrogen-bond donors (Lipinski definition) is 3. The number of pyridine rings is 1. The average Bonchev–Trinajstić information content (AvgIpc) is 2.88. The number of amides is 1. The number of nitrogens with zero attached hydrogens (tertiary/aromatic N) is 1. The average molecular weight is 500 g/mol. The minimum Gasteiger partial charge on any atom is -0.493 e. The Bertz CT molecular complexity index is 1000.